The zero-order valence-corrected chi connectivity index (χ0v) is 18.2. The highest BCUT2D eigenvalue weighted by molar-refractivity contribution is 5.82. The number of fused-ring (bicyclic) bond motifs is 1. The van der Waals surface area contributed by atoms with Crippen molar-refractivity contribution in [2.45, 2.75) is 13.3 Å². The minimum Gasteiger partial charge on any atom is -0.367 e. The Balaban J connectivity index is 1.59. The van der Waals surface area contributed by atoms with E-state index >= 15 is 4.39 Å². The van der Waals surface area contributed by atoms with Gasteiger partial charge in [-0.3, -0.25) is 14.2 Å². The van der Waals surface area contributed by atoms with E-state index in [0.717, 1.165) is 49.3 Å². The van der Waals surface area contributed by atoms with Gasteiger partial charge in [0.25, 0.3) is 0 Å². The summed E-state index contributed by atoms with van der Waals surface area (Å²) in [5, 5.41) is 1.20. The Morgan fingerprint density at radius 3 is 2.61 bits per heavy atom. The highest BCUT2D eigenvalue weighted by Crippen LogP contribution is 2.26. The van der Waals surface area contributed by atoms with Crippen LogP contribution in [0.1, 0.15) is 12.5 Å². The number of piperazine rings is 1. The molecule has 1 aliphatic heterocycles. The summed E-state index contributed by atoms with van der Waals surface area (Å²) in [6.45, 7) is 6.72. The maximum atomic E-state index is 15.0. The maximum absolute atomic E-state index is 15.0. The molecule has 0 radical (unpaired) electrons. The van der Waals surface area contributed by atoms with Gasteiger partial charge in [-0.15, -0.1) is 0 Å². The third-order valence-electron chi connectivity index (χ3n) is 5.96. The quantitative estimate of drug-likeness (QED) is 0.569. The third kappa shape index (κ3) is 4.40. The summed E-state index contributed by atoms with van der Waals surface area (Å²) < 4.78 is 16.9. The summed E-state index contributed by atoms with van der Waals surface area (Å²) in [7, 11) is 3.04. The molecule has 0 N–H and O–H groups in total. The largest absolute Gasteiger partial charge is 0.367 e. The molecule has 0 bridgehead atoms. The van der Waals surface area contributed by atoms with Crippen molar-refractivity contribution in [2.75, 3.05) is 51.8 Å². The fourth-order valence-corrected chi connectivity index (χ4v) is 3.96. The average molecular weight is 426 g/mol. The van der Waals surface area contributed by atoms with Gasteiger partial charge in [-0.2, -0.15) is 0 Å². The topological polar surface area (TPSA) is 53.8 Å². The zero-order chi connectivity index (χ0) is 22.0. The second kappa shape index (κ2) is 9.03. The van der Waals surface area contributed by atoms with E-state index in [1.165, 1.54) is 12.2 Å². The van der Waals surface area contributed by atoms with Crippen LogP contribution < -0.4 is 4.90 Å². The van der Waals surface area contributed by atoms with Crippen LogP contribution in [0.5, 0.6) is 0 Å². The first-order chi connectivity index (χ1) is 15.0. The van der Waals surface area contributed by atoms with E-state index in [9.17, 15) is 4.79 Å². The third-order valence-corrected chi connectivity index (χ3v) is 5.96. The van der Waals surface area contributed by atoms with Crippen molar-refractivity contribution in [3.63, 3.8) is 0 Å². The number of nitrogens with zero attached hydrogens (tertiary/aromatic N) is 5. The highest BCUT2D eigenvalue weighted by atomic mass is 19.1. The molecule has 1 aromatic heterocycles. The molecule has 2 aromatic carbocycles. The minimum absolute atomic E-state index is 0.147. The molecule has 8 heteroatoms. The van der Waals surface area contributed by atoms with E-state index in [-0.39, 0.29) is 18.1 Å². The summed E-state index contributed by atoms with van der Waals surface area (Å²) >= 11 is 0. The van der Waals surface area contributed by atoms with Gasteiger partial charge in [0, 0.05) is 39.3 Å². The van der Waals surface area contributed by atoms with Gasteiger partial charge < -0.3 is 9.80 Å². The molecule has 2 heterocycles. The predicted octanol–water partition coefficient (Wildman–Crippen LogP) is 2.87. The standard InChI is InChI=1S/C23H28FN5O2/c1-4-27-9-11-28(12-10-27)21-8-6-18(15-19(21)24)29-16-25-20-7-5-17(13-22(20)29)14-23(30)26(2)31-3/h5-8,13,15-16H,4,9-12,14H2,1-3H3. The monoisotopic (exact) mass is 425 g/mol. The average Bonchev–Trinajstić information content (AvgIpc) is 3.21. The highest BCUT2D eigenvalue weighted by Gasteiger charge is 2.19. The molecule has 0 unspecified atom stereocenters. The molecule has 31 heavy (non-hydrogen) atoms. The Kier molecular flexibility index (Phi) is 6.20. The van der Waals surface area contributed by atoms with Crippen molar-refractivity contribution in [3.8, 4) is 5.69 Å². The smallest absolute Gasteiger partial charge is 0.250 e. The van der Waals surface area contributed by atoms with Crippen molar-refractivity contribution in [1.82, 2.24) is 19.5 Å². The van der Waals surface area contributed by atoms with Crippen molar-refractivity contribution in [2.24, 2.45) is 0 Å². The fourth-order valence-electron chi connectivity index (χ4n) is 3.96. The Morgan fingerprint density at radius 1 is 1.16 bits per heavy atom. The van der Waals surface area contributed by atoms with Crippen LogP contribution >= 0.6 is 0 Å². The number of hydrogen-bond acceptors (Lipinski definition) is 5. The minimum atomic E-state index is -0.239. The number of anilines is 1. The van der Waals surface area contributed by atoms with Crippen molar-refractivity contribution >= 4 is 22.6 Å². The summed E-state index contributed by atoms with van der Waals surface area (Å²) in [5.41, 5.74) is 3.80. The van der Waals surface area contributed by atoms with Gasteiger partial charge in [0.15, 0.2) is 0 Å². The first-order valence-electron chi connectivity index (χ1n) is 10.5. The molecular formula is C23H28FN5O2. The number of halogens is 1. The molecule has 1 aliphatic rings. The molecule has 7 nitrogen and oxygen atoms in total. The summed E-state index contributed by atoms with van der Waals surface area (Å²) in [6, 6.07) is 11.0. The number of likely N-dealkylation sites (N-methyl/N-ethyl adjacent to an activating group) is 2. The van der Waals surface area contributed by atoms with Crippen LogP contribution in [0.3, 0.4) is 0 Å². The van der Waals surface area contributed by atoms with Crippen LogP contribution in [-0.2, 0) is 16.1 Å². The van der Waals surface area contributed by atoms with Crippen molar-refractivity contribution in [3.05, 3.63) is 54.1 Å². The molecule has 0 saturated carbocycles. The summed E-state index contributed by atoms with van der Waals surface area (Å²) in [5.74, 6) is -0.385. The molecule has 1 fully saturated rings. The van der Waals surface area contributed by atoms with E-state index < -0.39 is 0 Å². The predicted molar refractivity (Wildman–Crippen MR) is 119 cm³/mol. The fraction of sp³-hybridized carbons (Fsp3) is 0.391. The molecule has 4 rings (SSSR count). The van der Waals surface area contributed by atoms with Gasteiger partial charge in [0.2, 0.25) is 5.91 Å². The normalized spacial score (nSPS) is 14.9. The second-order valence-electron chi connectivity index (χ2n) is 7.75. The first kappa shape index (κ1) is 21.3. The zero-order valence-electron chi connectivity index (χ0n) is 18.2. The van der Waals surface area contributed by atoms with Crippen LogP contribution in [0.2, 0.25) is 0 Å². The number of aromatic nitrogens is 2. The maximum Gasteiger partial charge on any atom is 0.250 e. The second-order valence-corrected chi connectivity index (χ2v) is 7.75. The SMILES string of the molecule is CCN1CCN(c2ccc(-n3cnc4ccc(CC(=O)N(C)OC)cc43)cc2F)CC1. The van der Waals surface area contributed by atoms with Crippen molar-refractivity contribution in [1.29, 1.82) is 0 Å². The number of amides is 1. The molecule has 1 saturated heterocycles. The van der Waals surface area contributed by atoms with Gasteiger partial charge >= 0.3 is 0 Å². The van der Waals surface area contributed by atoms with E-state index in [4.69, 9.17) is 4.84 Å². The number of hydroxylamine groups is 2. The van der Waals surface area contributed by atoms with Crippen LogP contribution in [0, 0.1) is 5.82 Å². The summed E-state index contributed by atoms with van der Waals surface area (Å²) in [6.07, 6.45) is 1.90. The lowest BCUT2D eigenvalue weighted by molar-refractivity contribution is -0.167. The number of benzene rings is 2. The van der Waals surface area contributed by atoms with Crippen LogP contribution in [0.25, 0.3) is 16.7 Å². The molecular weight excluding hydrogens is 397 g/mol. The van der Waals surface area contributed by atoms with Crippen LogP contribution in [0.15, 0.2) is 42.7 Å². The van der Waals surface area contributed by atoms with Gasteiger partial charge in [0.1, 0.15) is 12.1 Å². The number of rotatable bonds is 6. The molecule has 0 spiro atoms. The van der Waals surface area contributed by atoms with Gasteiger partial charge in [-0.05, 0) is 36.4 Å². The number of imidazole rings is 1. The first-order valence-corrected chi connectivity index (χ1v) is 10.5. The van der Waals surface area contributed by atoms with Gasteiger partial charge in [0.05, 0.1) is 35.9 Å². The van der Waals surface area contributed by atoms with Crippen LogP contribution in [0.4, 0.5) is 10.1 Å². The van der Waals surface area contributed by atoms with Crippen molar-refractivity contribution < 1.29 is 14.0 Å². The van der Waals surface area contributed by atoms with Crippen LogP contribution in [-0.4, -0.2) is 72.3 Å². The number of carbonyl (C=O) groups excluding carboxylic acids is 1. The molecule has 0 aliphatic carbocycles. The Labute approximate surface area is 181 Å². The van der Waals surface area contributed by atoms with Gasteiger partial charge in [-0.1, -0.05) is 13.0 Å². The lowest BCUT2D eigenvalue weighted by Crippen LogP contribution is -2.46. The summed E-state index contributed by atoms with van der Waals surface area (Å²) in [4.78, 5) is 26.0. The Hall–Kier alpha value is -2.97. The van der Waals surface area contributed by atoms with E-state index in [0.29, 0.717) is 11.4 Å². The molecule has 1 amide bonds. The molecule has 164 valence electrons. The van der Waals surface area contributed by atoms with E-state index in [2.05, 4.69) is 21.7 Å². The molecule has 3 aromatic rings. The lowest BCUT2D eigenvalue weighted by atomic mass is 10.1. The van der Waals surface area contributed by atoms with E-state index in [1.807, 2.05) is 34.9 Å². The number of carbonyl (C=O) groups is 1. The number of hydrogen-bond donors (Lipinski definition) is 0. The van der Waals surface area contributed by atoms with Gasteiger partial charge in [-0.25, -0.2) is 14.4 Å². The lowest BCUT2D eigenvalue weighted by Gasteiger charge is -2.35. The Morgan fingerprint density at radius 2 is 1.94 bits per heavy atom. The Bertz CT molecular complexity index is 1080. The molecule has 0 atom stereocenters. The van der Waals surface area contributed by atoms with E-state index in [1.54, 1.807) is 19.4 Å².